The number of benzene rings is 1. The van der Waals surface area contributed by atoms with Crippen LogP contribution in [0.4, 0.5) is 0 Å². The summed E-state index contributed by atoms with van der Waals surface area (Å²) in [4.78, 5) is 21.0. The number of fused-ring (bicyclic) bond motifs is 1. The molecule has 1 atom stereocenters. The molecule has 2 N–H and O–H groups in total. The molecule has 0 aliphatic rings. The van der Waals surface area contributed by atoms with E-state index >= 15 is 0 Å². The third kappa shape index (κ3) is 16.6. The van der Waals surface area contributed by atoms with Crippen molar-refractivity contribution in [3.05, 3.63) is 36.7 Å². The van der Waals surface area contributed by atoms with Crippen LogP contribution in [-0.4, -0.2) is 55.7 Å². The summed E-state index contributed by atoms with van der Waals surface area (Å²) in [6.07, 6.45) is 14.4. The number of rotatable bonds is 14. The molecule has 1 aromatic heterocycles. The summed E-state index contributed by atoms with van der Waals surface area (Å²) in [6.45, 7) is 11.1. The predicted octanol–water partition coefficient (Wildman–Crippen LogP) is 6.42. The first-order valence-corrected chi connectivity index (χ1v) is 14.1. The van der Waals surface area contributed by atoms with Gasteiger partial charge in [0.15, 0.2) is 5.75 Å². The number of aldehydes is 1. The van der Waals surface area contributed by atoms with Gasteiger partial charge in [-0.1, -0.05) is 51.7 Å². The third-order valence-electron chi connectivity index (χ3n) is 4.99. The molecule has 188 valence electrons. The minimum absolute atomic E-state index is 0.543. The zero-order valence-corrected chi connectivity index (χ0v) is 22.4. The summed E-state index contributed by atoms with van der Waals surface area (Å²) in [6, 6.07) is 7.91. The second-order valence-electron chi connectivity index (χ2n) is 7.90. The fourth-order valence-electron chi connectivity index (χ4n) is 2.89. The number of aromatic nitrogens is 1. The summed E-state index contributed by atoms with van der Waals surface area (Å²) in [5.41, 5.74) is 5.03. The van der Waals surface area contributed by atoms with E-state index in [-0.39, 0.29) is 0 Å². The van der Waals surface area contributed by atoms with Crippen LogP contribution >= 0.6 is 8.15 Å². The Bertz CT molecular complexity index is 711. The van der Waals surface area contributed by atoms with Crippen LogP contribution in [0, 0.1) is 0 Å². The van der Waals surface area contributed by atoms with Crippen molar-refractivity contribution < 1.29 is 14.4 Å². The first-order valence-electron chi connectivity index (χ1n) is 12.2. The first kappa shape index (κ1) is 31.4. The highest BCUT2D eigenvalue weighted by molar-refractivity contribution is 7.51. The van der Waals surface area contributed by atoms with Gasteiger partial charge < -0.3 is 20.3 Å². The van der Waals surface area contributed by atoms with E-state index in [0.29, 0.717) is 0 Å². The molecular formula is C26H46N3O3P. The van der Waals surface area contributed by atoms with E-state index in [4.69, 9.17) is 20.1 Å². The number of unbranched alkanes of at least 4 members (excludes halogenated alkanes) is 5. The Morgan fingerprint density at radius 3 is 2.36 bits per heavy atom. The van der Waals surface area contributed by atoms with Gasteiger partial charge in [0.1, 0.15) is 6.29 Å². The van der Waals surface area contributed by atoms with Gasteiger partial charge in [0.05, 0.1) is 8.15 Å². The third-order valence-corrected chi connectivity index (χ3v) is 6.26. The number of carbonyl (C=O) groups is 1. The molecule has 0 aliphatic carbocycles. The van der Waals surface area contributed by atoms with Gasteiger partial charge in [-0.25, -0.2) is 0 Å². The van der Waals surface area contributed by atoms with E-state index in [1.165, 1.54) is 52.0 Å². The molecule has 0 radical (unpaired) electrons. The molecule has 0 aliphatic heterocycles. The number of hydrogen-bond acceptors (Lipinski definition) is 6. The molecule has 33 heavy (non-hydrogen) atoms. The van der Waals surface area contributed by atoms with Crippen molar-refractivity contribution in [1.82, 2.24) is 9.88 Å². The maximum absolute atomic E-state index is 8.81. The molecule has 7 heteroatoms. The zero-order chi connectivity index (χ0) is 24.7. The Labute approximate surface area is 203 Å². The maximum Gasteiger partial charge on any atom is 0.173 e. The number of nitrogens with two attached hydrogens (primary N) is 1. The molecule has 0 saturated heterocycles. The maximum atomic E-state index is 8.81. The first-order chi connectivity index (χ1) is 16.0. The van der Waals surface area contributed by atoms with Crippen LogP contribution in [0.1, 0.15) is 65.7 Å². The van der Waals surface area contributed by atoms with Gasteiger partial charge in [-0.3, -0.25) is 4.98 Å². The summed E-state index contributed by atoms with van der Waals surface area (Å²) in [5, 5.41) is 2.11. The molecule has 0 amide bonds. The molecule has 0 spiro atoms. The number of pyridine rings is 1. The van der Waals surface area contributed by atoms with E-state index in [1.54, 1.807) is 6.20 Å². The fraction of sp³-hybridized carbons (Fsp3) is 0.615. The standard InChI is InChI=1S/C21H33N2O2P.C3H9N.C2H4O/c1-4-23(2)16-9-7-5-6-8-10-17-26(3)25-24-21-13-11-12-19-18-22-15-14-20(19)21;1-2-3-4;1-2-3/h11-15,18H,4-10,16-17H2,1-3H3;2-4H2,1H3;2H,1H3. The molecule has 2 rings (SSSR count). The van der Waals surface area contributed by atoms with Crippen LogP contribution in [0.3, 0.4) is 0 Å². The largest absolute Gasteiger partial charge is 0.334 e. The lowest BCUT2D eigenvalue weighted by Gasteiger charge is -2.14. The number of hydrogen-bond donors (Lipinski definition) is 1. The molecule has 0 fully saturated rings. The zero-order valence-electron chi connectivity index (χ0n) is 21.5. The van der Waals surface area contributed by atoms with Crippen molar-refractivity contribution in [1.29, 1.82) is 0 Å². The van der Waals surface area contributed by atoms with Crippen LogP contribution in [0.25, 0.3) is 10.8 Å². The van der Waals surface area contributed by atoms with Crippen molar-refractivity contribution in [2.45, 2.75) is 65.7 Å². The van der Waals surface area contributed by atoms with Crippen LogP contribution in [0.5, 0.6) is 5.75 Å². The second-order valence-corrected chi connectivity index (χ2v) is 9.76. The minimum atomic E-state index is -0.543. The van der Waals surface area contributed by atoms with Crippen LogP contribution in [0.15, 0.2) is 36.7 Å². The summed E-state index contributed by atoms with van der Waals surface area (Å²) >= 11 is 0. The predicted molar refractivity (Wildman–Crippen MR) is 143 cm³/mol. The molecule has 0 saturated carbocycles. The second kappa shape index (κ2) is 22.2. The lowest BCUT2D eigenvalue weighted by molar-refractivity contribution is -0.106. The molecule has 0 bridgehead atoms. The molecular weight excluding hydrogens is 433 g/mol. The Morgan fingerprint density at radius 1 is 1.09 bits per heavy atom. The molecule has 2 aromatic rings. The highest BCUT2D eigenvalue weighted by Crippen LogP contribution is 2.36. The van der Waals surface area contributed by atoms with Crippen molar-refractivity contribution in [3.63, 3.8) is 0 Å². The van der Waals surface area contributed by atoms with Gasteiger partial charge in [0.25, 0.3) is 0 Å². The van der Waals surface area contributed by atoms with Gasteiger partial charge in [0.2, 0.25) is 0 Å². The monoisotopic (exact) mass is 479 g/mol. The van der Waals surface area contributed by atoms with Gasteiger partial charge in [0, 0.05) is 23.2 Å². The van der Waals surface area contributed by atoms with Crippen molar-refractivity contribution in [3.8, 4) is 5.75 Å². The lowest BCUT2D eigenvalue weighted by atomic mass is 10.1. The van der Waals surface area contributed by atoms with Crippen molar-refractivity contribution >= 4 is 25.2 Å². The molecule has 6 nitrogen and oxygen atoms in total. The van der Waals surface area contributed by atoms with Gasteiger partial charge in [-0.05, 0) is 77.8 Å². The van der Waals surface area contributed by atoms with E-state index in [0.717, 1.165) is 48.5 Å². The van der Waals surface area contributed by atoms with Crippen LogP contribution in [0.2, 0.25) is 0 Å². The molecule has 1 unspecified atom stereocenters. The van der Waals surface area contributed by atoms with Gasteiger partial charge in [-0.2, -0.15) is 4.67 Å². The van der Waals surface area contributed by atoms with Crippen molar-refractivity contribution in [2.75, 3.05) is 39.5 Å². The van der Waals surface area contributed by atoms with Crippen molar-refractivity contribution in [2.24, 2.45) is 5.73 Å². The summed E-state index contributed by atoms with van der Waals surface area (Å²) < 4.78 is 5.66. The topological polar surface area (TPSA) is 77.7 Å². The lowest BCUT2D eigenvalue weighted by Crippen LogP contribution is -2.18. The van der Waals surface area contributed by atoms with Crippen LogP contribution in [-0.2, 0) is 9.47 Å². The molecule has 1 aromatic carbocycles. The normalized spacial score (nSPS) is 11.2. The average Bonchev–Trinajstić information content (AvgIpc) is 2.84. The van der Waals surface area contributed by atoms with E-state index in [2.05, 4.69) is 37.4 Å². The van der Waals surface area contributed by atoms with Gasteiger partial charge >= 0.3 is 0 Å². The minimum Gasteiger partial charge on any atom is -0.334 e. The smallest absolute Gasteiger partial charge is 0.173 e. The van der Waals surface area contributed by atoms with E-state index in [1.807, 2.05) is 30.5 Å². The Hall–Kier alpha value is -1.59. The number of carbonyl (C=O) groups excluding carboxylic acids is 1. The highest BCUT2D eigenvalue weighted by Gasteiger charge is 2.07. The van der Waals surface area contributed by atoms with Crippen LogP contribution < -0.4 is 10.6 Å². The SMILES string of the molecule is CC=O.CCCN.CCN(C)CCCCCCCCP(C)OOc1cccc2cnccc12. The van der Waals surface area contributed by atoms with E-state index < -0.39 is 8.15 Å². The quantitative estimate of drug-likeness (QED) is 0.111. The Balaban J connectivity index is 0.00000129. The number of nitrogens with zero attached hydrogens (tertiary/aromatic N) is 2. The average molecular weight is 480 g/mol. The van der Waals surface area contributed by atoms with Gasteiger partial charge in [-0.15, -0.1) is 0 Å². The molecule has 1 heterocycles. The Morgan fingerprint density at radius 2 is 1.73 bits per heavy atom. The highest BCUT2D eigenvalue weighted by atomic mass is 31.1. The summed E-state index contributed by atoms with van der Waals surface area (Å²) in [7, 11) is 1.65. The Kier molecular flexibility index (Phi) is 21.1. The van der Waals surface area contributed by atoms with E-state index in [9.17, 15) is 0 Å². The fourth-order valence-corrected chi connectivity index (χ4v) is 3.84. The summed E-state index contributed by atoms with van der Waals surface area (Å²) in [5.74, 6) is 0.774.